The maximum absolute atomic E-state index is 5.34. The van der Waals surface area contributed by atoms with Gasteiger partial charge in [0.25, 0.3) is 0 Å². The number of benzene rings is 1. The van der Waals surface area contributed by atoms with Gasteiger partial charge < -0.3 is 15.4 Å². The number of nitrogens with one attached hydrogen (secondary N) is 2. The van der Waals surface area contributed by atoms with E-state index in [2.05, 4.69) is 22.8 Å². The van der Waals surface area contributed by atoms with E-state index in [0.29, 0.717) is 0 Å². The standard InChI is InChI=1S/C14H22N2O.2ClH/c1-17-14-5-3-2-4-13(14)11-16-10-12-6-8-15-9-7-12;;/h2-5,12,15-16H,6-11H2,1H3;2*1H. The fourth-order valence-corrected chi connectivity index (χ4v) is 2.35. The van der Waals surface area contributed by atoms with Crippen molar-refractivity contribution < 1.29 is 4.74 Å². The summed E-state index contributed by atoms with van der Waals surface area (Å²) in [6, 6.07) is 8.20. The molecule has 3 nitrogen and oxygen atoms in total. The average Bonchev–Trinajstić information content (AvgIpc) is 2.40. The van der Waals surface area contributed by atoms with Crippen molar-refractivity contribution in [2.24, 2.45) is 5.92 Å². The van der Waals surface area contributed by atoms with E-state index < -0.39 is 0 Å². The first-order valence-corrected chi connectivity index (χ1v) is 6.43. The Morgan fingerprint density at radius 2 is 1.89 bits per heavy atom. The molecule has 19 heavy (non-hydrogen) atoms. The molecule has 1 aliphatic rings. The largest absolute Gasteiger partial charge is 0.496 e. The molecule has 0 radical (unpaired) electrons. The molecule has 110 valence electrons. The number of rotatable bonds is 5. The number of para-hydroxylation sites is 1. The quantitative estimate of drug-likeness (QED) is 0.877. The molecule has 1 heterocycles. The number of ether oxygens (including phenoxy) is 1. The summed E-state index contributed by atoms with van der Waals surface area (Å²) in [6.45, 7) is 4.34. The maximum atomic E-state index is 5.34. The Labute approximate surface area is 128 Å². The van der Waals surface area contributed by atoms with Gasteiger partial charge in [-0.25, -0.2) is 0 Å². The summed E-state index contributed by atoms with van der Waals surface area (Å²) in [4.78, 5) is 0. The van der Waals surface area contributed by atoms with Gasteiger partial charge in [0.2, 0.25) is 0 Å². The van der Waals surface area contributed by atoms with Crippen LogP contribution in [0.3, 0.4) is 0 Å². The fraction of sp³-hybridized carbons (Fsp3) is 0.571. The molecule has 0 spiro atoms. The Kier molecular flexibility index (Phi) is 10.1. The molecule has 0 atom stereocenters. The topological polar surface area (TPSA) is 33.3 Å². The first-order chi connectivity index (χ1) is 8.40. The summed E-state index contributed by atoms with van der Waals surface area (Å²) in [5.41, 5.74) is 1.24. The Morgan fingerprint density at radius 3 is 2.58 bits per heavy atom. The summed E-state index contributed by atoms with van der Waals surface area (Å²) in [7, 11) is 1.73. The summed E-state index contributed by atoms with van der Waals surface area (Å²) in [5, 5.41) is 6.93. The average molecular weight is 307 g/mol. The van der Waals surface area contributed by atoms with E-state index in [1.807, 2.05) is 12.1 Å². The zero-order valence-electron chi connectivity index (χ0n) is 11.4. The first-order valence-electron chi connectivity index (χ1n) is 6.43. The van der Waals surface area contributed by atoms with Gasteiger partial charge in [-0.1, -0.05) is 18.2 Å². The lowest BCUT2D eigenvalue weighted by Gasteiger charge is -2.23. The van der Waals surface area contributed by atoms with E-state index in [1.54, 1.807) is 7.11 Å². The molecule has 0 aliphatic carbocycles. The number of hydrogen-bond donors (Lipinski definition) is 2. The van der Waals surface area contributed by atoms with Gasteiger partial charge in [-0.2, -0.15) is 0 Å². The van der Waals surface area contributed by atoms with Gasteiger partial charge in [0, 0.05) is 12.1 Å². The van der Waals surface area contributed by atoms with E-state index in [0.717, 1.165) is 24.8 Å². The SMILES string of the molecule is COc1ccccc1CNCC1CCNCC1.Cl.Cl. The summed E-state index contributed by atoms with van der Waals surface area (Å²) < 4.78 is 5.34. The summed E-state index contributed by atoms with van der Waals surface area (Å²) in [6.07, 6.45) is 2.58. The van der Waals surface area contributed by atoms with E-state index in [-0.39, 0.29) is 24.8 Å². The molecule has 1 aromatic carbocycles. The third kappa shape index (κ3) is 6.00. The molecule has 1 saturated heterocycles. The van der Waals surface area contributed by atoms with Crippen molar-refractivity contribution in [2.45, 2.75) is 19.4 Å². The minimum absolute atomic E-state index is 0. The third-order valence-corrected chi connectivity index (χ3v) is 3.40. The molecule has 2 N–H and O–H groups in total. The van der Waals surface area contributed by atoms with Gasteiger partial charge in [0.1, 0.15) is 5.75 Å². The van der Waals surface area contributed by atoms with E-state index in [9.17, 15) is 0 Å². The number of methoxy groups -OCH3 is 1. The van der Waals surface area contributed by atoms with Gasteiger partial charge in [0.15, 0.2) is 0 Å². The number of hydrogen-bond acceptors (Lipinski definition) is 3. The normalized spacial score (nSPS) is 15.2. The van der Waals surface area contributed by atoms with Crippen molar-refractivity contribution in [3.63, 3.8) is 0 Å². The van der Waals surface area contributed by atoms with Crippen LogP contribution < -0.4 is 15.4 Å². The van der Waals surface area contributed by atoms with Crippen LogP contribution in [-0.4, -0.2) is 26.7 Å². The Bertz CT molecular complexity index is 344. The summed E-state index contributed by atoms with van der Waals surface area (Å²) >= 11 is 0. The predicted octanol–water partition coefficient (Wildman–Crippen LogP) is 2.63. The Balaban J connectivity index is 0.00000162. The molecule has 0 amide bonds. The van der Waals surface area contributed by atoms with Gasteiger partial charge in [-0.15, -0.1) is 24.8 Å². The molecule has 2 rings (SSSR count). The van der Waals surface area contributed by atoms with Crippen molar-refractivity contribution in [2.75, 3.05) is 26.7 Å². The van der Waals surface area contributed by atoms with E-state index >= 15 is 0 Å². The van der Waals surface area contributed by atoms with Crippen molar-refractivity contribution in [1.29, 1.82) is 0 Å². The van der Waals surface area contributed by atoms with Gasteiger partial charge in [-0.3, -0.25) is 0 Å². The minimum atomic E-state index is 0. The van der Waals surface area contributed by atoms with Crippen LogP contribution >= 0.6 is 24.8 Å². The lowest BCUT2D eigenvalue weighted by atomic mass is 9.98. The highest BCUT2D eigenvalue weighted by molar-refractivity contribution is 5.85. The van der Waals surface area contributed by atoms with Crippen molar-refractivity contribution in [1.82, 2.24) is 10.6 Å². The predicted molar refractivity (Wildman–Crippen MR) is 84.8 cm³/mol. The van der Waals surface area contributed by atoms with Crippen LogP contribution in [0.2, 0.25) is 0 Å². The van der Waals surface area contributed by atoms with Gasteiger partial charge in [-0.05, 0) is 44.5 Å². The smallest absolute Gasteiger partial charge is 0.123 e. The lowest BCUT2D eigenvalue weighted by Crippen LogP contribution is -2.33. The summed E-state index contributed by atoms with van der Waals surface area (Å²) in [5.74, 6) is 1.80. The zero-order valence-corrected chi connectivity index (χ0v) is 13.0. The van der Waals surface area contributed by atoms with Crippen LogP contribution in [0.15, 0.2) is 24.3 Å². The molecule has 1 fully saturated rings. The molecule has 0 unspecified atom stereocenters. The lowest BCUT2D eigenvalue weighted by molar-refractivity contribution is 0.354. The molecule has 1 aromatic rings. The van der Waals surface area contributed by atoms with Crippen LogP contribution in [-0.2, 0) is 6.54 Å². The third-order valence-electron chi connectivity index (χ3n) is 3.40. The molecular weight excluding hydrogens is 283 g/mol. The second-order valence-corrected chi connectivity index (χ2v) is 4.64. The molecule has 0 bridgehead atoms. The molecule has 1 aliphatic heterocycles. The van der Waals surface area contributed by atoms with E-state index in [4.69, 9.17) is 4.74 Å². The van der Waals surface area contributed by atoms with Crippen LogP contribution in [0.4, 0.5) is 0 Å². The van der Waals surface area contributed by atoms with Crippen molar-refractivity contribution in [3.05, 3.63) is 29.8 Å². The van der Waals surface area contributed by atoms with Gasteiger partial charge >= 0.3 is 0 Å². The Morgan fingerprint density at radius 1 is 1.21 bits per heavy atom. The number of halogens is 2. The van der Waals surface area contributed by atoms with Crippen LogP contribution in [0.25, 0.3) is 0 Å². The molecule has 0 saturated carbocycles. The van der Waals surface area contributed by atoms with Crippen molar-refractivity contribution in [3.8, 4) is 5.75 Å². The molecule has 5 heteroatoms. The maximum Gasteiger partial charge on any atom is 0.123 e. The molecule has 0 aromatic heterocycles. The fourth-order valence-electron chi connectivity index (χ4n) is 2.35. The van der Waals surface area contributed by atoms with Gasteiger partial charge in [0.05, 0.1) is 7.11 Å². The van der Waals surface area contributed by atoms with Crippen molar-refractivity contribution >= 4 is 24.8 Å². The highest BCUT2D eigenvalue weighted by atomic mass is 35.5. The number of piperidine rings is 1. The zero-order chi connectivity index (χ0) is 11.9. The second-order valence-electron chi connectivity index (χ2n) is 4.64. The Hall–Kier alpha value is -0.480. The van der Waals surface area contributed by atoms with E-state index in [1.165, 1.54) is 31.5 Å². The highest BCUT2D eigenvalue weighted by Crippen LogP contribution is 2.17. The van der Waals surface area contributed by atoms with Crippen LogP contribution in [0, 0.1) is 5.92 Å². The second kappa shape index (κ2) is 10.3. The minimum Gasteiger partial charge on any atom is -0.496 e. The van der Waals surface area contributed by atoms with Crippen LogP contribution in [0.1, 0.15) is 18.4 Å². The van der Waals surface area contributed by atoms with Crippen LogP contribution in [0.5, 0.6) is 5.75 Å². The molecular formula is C14H24Cl2N2O. The first kappa shape index (κ1) is 18.5. The monoisotopic (exact) mass is 306 g/mol. The highest BCUT2D eigenvalue weighted by Gasteiger charge is 2.12.